The second-order valence-corrected chi connectivity index (χ2v) is 8.47. The maximum atomic E-state index is 13.9. The lowest BCUT2D eigenvalue weighted by Crippen LogP contribution is -2.70. The molecule has 0 radical (unpaired) electrons. The summed E-state index contributed by atoms with van der Waals surface area (Å²) in [5.41, 5.74) is 0. The van der Waals surface area contributed by atoms with Gasteiger partial charge in [-0.25, -0.2) is 4.57 Å². The number of aryl methyl sites for hydroxylation is 2. The SMILES string of the molecule is CCCCCCCCCC[n+]1cnn(CCC(F)(F)C(F)(F)C(F)(F)C(F)(F)C(F)(F)C(F)(F)F)c1. The molecule has 0 saturated heterocycles. The number of rotatable bonds is 16. The van der Waals surface area contributed by atoms with Crippen molar-refractivity contribution in [3.63, 3.8) is 0 Å². The van der Waals surface area contributed by atoms with Crippen molar-refractivity contribution in [1.82, 2.24) is 9.78 Å². The number of nitrogens with zero attached hydrogens (tertiary/aromatic N) is 3. The Hall–Kier alpha value is -1.77. The van der Waals surface area contributed by atoms with Gasteiger partial charge in [-0.3, -0.25) is 0 Å². The van der Waals surface area contributed by atoms with Crippen molar-refractivity contribution in [2.45, 2.75) is 114 Å². The zero-order valence-electron chi connectivity index (χ0n) is 19.2. The van der Waals surface area contributed by atoms with Gasteiger partial charge in [0.15, 0.2) is 0 Å². The van der Waals surface area contributed by atoms with E-state index in [1.54, 1.807) is 0 Å². The Kier molecular flexibility index (Phi) is 10.5. The van der Waals surface area contributed by atoms with E-state index >= 15 is 0 Å². The summed E-state index contributed by atoms with van der Waals surface area (Å²) >= 11 is 0. The third-order valence-electron chi connectivity index (χ3n) is 5.55. The van der Waals surface area contributed by atoms with E-state index in [2.05, 4.69) is 12.0 Å². The molecule has 0 bridgehead atoms. The van der Waals surface area contributed by atoms with Crippen LogP contribution in [-0.2, 0) is 13.1 Å². The van der Waals surface area contributed by atoms with Crippen LogP contribution in [0.15, 0.2) is 12.7 Å². The summed E-state index contributed by atoms with van der Waals surface area (Å²) in [5.74, 6) is -36.7. The van der Waals surface area contributed by atoms with Gasteiger partial charge in [0, 0.05) is 5.10 Å². The lowest BCUT2D eigenvalue weighted by atomic mass is 9.92. The van der Waals surface area contributed by atoms with Crippen LogP contribution in [0.5, 0.6) is 0 Å². The fourth-order valence-electron chi connectivity index (χ4n) is 3.24. The zero-order valence-corrected chi connectivity index (χ0v) is 19.2. The first kappa shape index (κ1) is 32.3. The number of hydrogen-bond donors (Lipinski definition) is 0. The molecule has 0 fully saturated rings. The van der Waals surface area contributed by atoms with Crippen LogP contribution in [-0.4, -0.2) is 45.6 Å². The molecule has 0 spiro atoms. The molecule has 0 amide bonds. The van der Waals surface area contributed by atoms with Gasteiger partial charge in [0.25, 0.3) is 6.33 Å². The van der Waals surface area contributed by atoms with Gasteiger partial charge in [0.1, 0.15) is 6.54 Å². The Labute approximate surface area is 198 Å². The molecule has 1 aromatic heterocycles. The minimum Gasteiger partial charge on any atom is -0.237 e. The molecule has 36 heavy (non-hydrogen) atoms. The molecule has 1 aromatic rings. The molecule has 1 rings (SSSR count). The Balaban J connectivity index is 2.77. The molecule has 16 heteroatoms. The van der Waals surface area contributed by atoms with Crippen molar-refractivity contribution in [3.05, 3.63) is 12.7 Å². The first-order chi connectivity index (χ1) is 16.3. The molecule has 0 aliphatic rings. The average molecular weight is 556 g/mol. The predicted octanol–water partition coefficient (Wildman–Crippen LogP) is 7.44. The van der Waals surface area contributed by atoms with E-state index in [0.29, 0.717) is 17.6 Å². The van der Waals surface area contributed by atoms with Crippen molar-refractivity contribution >= 4 is 0 Å². The molecule has 0 aliphatic heterocycles. The zero-order chi connectivity index (χ0) is 28.1. The van der Waals surface area contributed by atoms with Crippen molar-refractivity contribution in [2.75, 3.05) is 0 Å². The highest BCUT2D eigenvalue weighted by Crippen LogP contribution is 2.60. The van der Waals surface area contributed by atoms with Gasteiger partial charge in [-0.2, -0.15) is 57.1 Å². The maximum Gasteiger partial charge on any atom is 0.460 e. The monoisotopic (exact) mass is 556 g/mol. The number of halogens is 13. The topological polar surface area (TPSA) is 21.7 Å². The fraction of sp³-hybridized carbons (Fsp3) is 0.900. The summed E-state index contributed by atoms with van der Waals surface area (Å²) in [7, 11) is 0. The van der Waals surface area contributed by atoms with E-state index in [9.17, 15) is 57.1 Å². The van der Waals surface area contributed by atoms with Crippen molar-refractivity contribution < 1.29 is 61.6 Å². The standard InChI is InChI=1S/C20H27F13N3/c1-2-3-4-5-6-7-8-9-11-35-13-34-36(14-35)12-10-15(21,22)16(23,24)17(25,26)18(27,28)19(29,30)20(31,32)33/h13-14H,2-12H2,1H3/q+1. The third kappa shape index (κ3) is 6.75. The van der Waals surface area contributed by atoms with E-state index < -0.39 is 48.8 Å². The lowest BCUT2D eigenvalue weighted by molar-refractivity contribution is -0.698. The van der Waals surface area contributed by atoms with E-state index in [4.69, 9.17) is 0 Å². The Morgan fingerprint density at radius 1 is 0.639 bits per heavy atom. The highest BCUT2D eigenvalue weighted by Gasteiger charge is 2.90. The van der Waals surface area contributed by atoms with Crippen molar-refractivity contribution in [2.24, 2.45) is 0 Å². The first-order valence-corrected chi connectivity index (χ1v) is 11.1. The largest absolute Gasteiger partial charge is 0.460 e. The smallest absolute Gasteiger partial charge is 0.237 e. The quantitative estimate of drug-likeness (QED) is 0.118. The van der Waals surface area contributed by atoms with Crippen molar-refractivity contribution in [3.8, 4) is 0 Å². The summed E-state index contributed by atoms with van der Waals surface area (Å²) in [6.07, 6.45) is 0.293. The van der Waals surface area contributed by atoms with Gasteiger partial charge in [-0.15, -0.1) is 4.68 Å². The second-order valence-electron chi connectivity index (χ2n) is 8.47. The summed E-state index contributed by atoms with van der Waals surface area (Å²) in [4.78, 5) is 0. The van der Waals surface area contributed by atoms with E-state index in [0.717, 1.165) is 57.6 Å². The molecular formula is C20H27F13N3+. The minimum absolute atomic E-state index is 0.346. The molecule has 3 nitrogen and oxygen atoms in total. The Morgan fingerprint density at radius 2 is 1.11 bits per heavy atom. The van der Waals surface area contributed by atoms with Crippen molar-refractivity contribution in [1.29, 1.82) is 0 Å². The van der Waals surface area contributed by atoms with Crippen LogP contribution >= 0.6 is 0 Å². The van der Waals surface area contributed by atoms with Gasteiger partial charge in [0.05, 0.1) is 13.0 Å². The summed E-state index contributed by atoms with van der Waals surface area (Å²) < 4.78 is 173. The Bertz CT molecular complexity index is 803. The molecule has 0 saturated carbocycles. The predicted molar refractivity (Wildman–Crippen MR) is 100 cm³/mol. The highest BCUT2D eigenvalue weighted by atomic mass is 19.4. The van der Waals surface area contributed by atoms with E-state index in [-0.39, 0.29) is 0 Å². The van der Waals surface area contributed by atoms with Gasteiger partial charge >= 0.3 is 35.8 Å². The van der Waals surface area contributed by atoms with Crippen LogP contribution in [0.4, 0.5) is 57.1 Å². The maximum absolute atomic E-state index is 13.9. The van der Waals surface area contributed by atoms with Crippen LogP contribution in [0.25, 0.3) is 0 Å². The summed E-state index contributed by atoms with van der Waals surface area (Å²) in [5, 5.41) is 3.53. The van der Waals surface area contributed by atoms with Crippen LogP contribution in [0.2, 0.25) is 0 Å². The average Bonchev–Trinajstić information content (AvgIpc) is 3.20. The lowest BCUT2D eigenvalue weighted by Gasteiger charge is -2.39. The fourth-order valence-corrected chi connectivity index (χ4v) is 3.24. The van der Waals surface area contributed by atoms with E-state index in [1.807, 2.05) is 0 Å². The van der Waals surface area contributed by atoms with Crippen LogP contribution in [0.1, 0.15) is 64.7 Å². The first-order valence-electron chi connectivity index (χ1n) is 11.1. The van der Waals surface area contributed by atoms with E-state index in [1.165, 1.54) is 4.57 Å². The molecule has 0 N–H and O–H groups in total. The second kappa shape index (κ2) is 11.7. The molecular weight excluding hydrogens is 529 g/mol. The molecule has 1 heterocycles. The summed E-state index contributed by atoms with van der Waals surface area (Å²) in [6, 6.07) is 0. The number of hydrogen-bond acceptors (Lipinski definition) is 1. The third-order valence-corrected chi connectivity index (χ3v) is 5.55. The van der Waals surface area contributed by atoms with Gasteiger partial charge in [0.2, 0.25) is 6.33 Å². The molecule has 0 atom stereocenters. The summed E-state index contributed by atoms with van der Waals surface area (Å²) in [6.45, 7) is 1.18. The van der Waals surface area contributed by atoms with Crippen LogP contribution in [0, 0.1) is 0 Å². The molecule has 212 valence electrons. The minimum atomic E-state index is -7.88. The Morgan fingerprint density at radius 3 is 1.61 bits per heavy atom. The molecule has 0 aliphatic carbocycles. The number of unbranched alkanes of at least 4 members (excludes halogenated alkanes) is 7. The van der Waals surface area contributed by atoms with Gasteiger partial charge < -0.3 is 0 Å². The number of aromatic nitrogens is 3. The normalized spacial score (nSPS) is 14.5. The molecule has 0 unspecified atom stereocenters. The molecule has 0 aromatic carbocycles. The van der Waals surface area contributed by atoms with Crippen LogP contribution < -0.4 is 4.57 Å². The number of alkyl halides is 13. The van der Waals surface area contributed by atoms with Gasteiger partial charge in [-0.05, 0) is 6.42 Å². The van der Waals surface area contributed by atoms with Crippen LogP contribution in [0.3, 0.4) is 0 Å². The highest BCUT2D eigenvalue weighted by molar-refractivity contribution is 5.10. The van der Waals surface area contributed by atoms with Gasteiger partial charge in [-0.1, -0.05) is 51.9 Å².